The quantitative estimate of drug-likeness (QED) is 0.460. The summed E-state index contributed by atoms with van der Waals surface area (Å²) in [4.78, 5) is 16.5. The van der Waals surface area contributed by atoms with Gasteiger partial charge in [-0.15, -0.1) is 0 Å². The molecule has 0 unspecified atom stereocenters. The van der Waals surface area contributed by atoms with E-state index in [1.807, 2.05) is 30.3 Å². The van der Waals surface area contributed by atoms with Crippen molar-refractivity contribution in [3.05, 3.63) is 52.0 Å². The molecule has 1 aliphatic rings. The molecule has 24 heavy (non-hydrogen) atoms. The van der Waals surface area contributed by atoms with Crippen molar-refractivity contribution in [2.75, 3.05) is 0 Å². The van der Waals surface area contributed by atoms with Gasteiger partial charge in [-0.05, 0) is 18.2 Å². The van der Waals surface area contributed by atoms with Crippen LogP contribution < -0.4 is 0 Å². The van der Waals surface area contributed by atoms with Gasteiger partial charge in [0.2, 0.25) is 0 Å². The topological polar surface area (TPSA) is 39.8 Å². The number of fused-ring (bicyclic) bond motifs is 7. The van der Waals surface area contributed by atoms with Crippen LogP contribution in [0.5, 0.6) is 0 Å². The van der Waals surface area contributed by atoms with E-state index in [2.05, 4.69) is 9.13 Å². The van der Waals surface area contributed by atoms with Crippen molar-refractivity contribution in [3.63, 3.8) is 0 Å². The highest BCUT2D eigenvalue weighted by molar-refractivity contribution is 6.42. The van der Waals surface area contributed by atoms with Crippen molar-refractivity contribution >= 4 is 51.4 Å². The Bertz CT molecular complexity index is 1160. The standard InChI is InChI=1S/C18H11Cl2N3O/c19-12-7-14-16(8-13(12)20)23-6-5-22-15-4-2-1-3-10(15)11(9-24)17(22)18(23)21-14/h1-4,7-9H,5-6H2. The van der Waals surface area contributed by atoms with E-state index < -0.39 is 0 Å². The monoisotopic (exact) mass is 355 g/mol. The first-order valence-corrected chi connectivity index (χ1v) is 8.36. The van der Waals surface area contributed by atoms with Gasteiger partial charge >= 0.3 is 0 Å². The number of imidazole rings is 1. The van der Waals surface area contributed by atoms with E-state index in [0.29, 0.717) is 15.6 Å². The largest absolute Gasteiger partial charge is 0.336 e. The number of aryl methyl sites for hydroxylation is 2. The molecule has 3 heterocycles. The van der Waals surface area contributed by atoms with Crippen molar-refractivity contribution in [1.29, 1.82) is 0 Å². The van der Waals surface area contributed by atoms with Crippen LogP contribution in [-0.4, -0.2) is 20.4 Å². The SMILES string of the molecule is O=Cc1c2n(c3ccccc13)CCn1c-2nc2cc(Cl)c(Cl)cc21. The van der Waals surface area contributed by atoms with Crippen LogP contribution in [0.15, 0.2) is 36.4 Å². The Morgan fingerprint density at radius 3 is 2.58 bits per heavy atom. The van der Waals surface area contributed by atoms with Gasteiger partial charge in [0.25, 0.3) is 0 Å². The molecule has 0 saturated carbocycles. The maximum absolute atomic E-state index is 11.8. The number of hydrogen-bond acceptors (Lipinski definition) is 2. The van der Waals surface area contributed by atoms with Crippen LogP contribution in [0.1, 0.15) is 10.4 Å². The third-order valence-corrected chi connectivity index (χ3v) is 5.40. The molecule has 6 heteroatoms. The zero-order valence-electron chi connectivity index (χ0n) is 12.5. The molecule has 0 amide bonds. The van der Waals surface area contributed by atoms with Crippen LogP contribution in [0, 0.1) is 0 Å². The van der Waals surface area contributed by atoms with Gasteiger partial charge in [-0.1, -0.05) is 41.4 Å². The molecule has 0 N–H and O–H groups in total. The summed E-state index contributed by atoms with van der Waals surface area (Å²) >= 11 is 12.3. The Balaban J connectivity index is 1.93. The maximum Gasteiger partial charge on any atom is 0.158 e. The van der Waals surface area contributed by atoms with Crippen LogP contribution >= 0.6 is 23.2 Å². The predicted octanol–water partition coefficient (Wildman–Crippen LogP) is 4.79. The van der Waals surface area contributed by atoms with Gasteiger partial charge in [0, 0.05) is 24.0 Å². The minimum atomic E-state index is 0.482. The van der Waals surface area contributed by atoms with Gasteiger partial charge < -0.3 is 9.13 Å². The Morgan fingerprint density at radius 2 is 1.75 bits per heavy atom. The van der Waals surface area contributed by atoms with E-state index in [1.165, 1.54) is 0 Å². The first kappa shape index (κ1) is 14.1. The molecule has 0 atom stereocenters. The molecule has 0 fully saturated rings. The van der Waals surface area contributed by atoms with Gasteiger partial charge in [-0.3, -0.25) is 4.79 Å². The van der Waals surface area contributed by atoms with Crippen LogP contribution in [0.25, 0.3) is 33.5 Å². The van der Waals surface area contributed by atoms with Gasteiger partial charge in [-0.25, -0.2) is 4.98 Å². The number of benzene rings is 2. The third-order valence-electron chi connectivity index (χ3n) is 4.68. The number of aldehydes is 1. The zero-order valence-corrected chi connectivity index (χ0v) is 14.0. The Morgan fingerprint density at radius 1 is 1.00 bits per heavy atom. The number of hydrogen-bond donors (Lipinski definition) is 0. The lowest BCUT2D eigenvalue weighted by atomic mass is 10.1. The number of nitrogens with zero attached hydrogens (tertiary/aromatic N) is 3. The minimum Gasteiger partial charge on any atom is -0.336 e. The Hall–Kier alpha value is -2.30. The van der Waals surface area contributed by atoms with Crippen molar-refractivity contribution < 1.29 is 4.79 Å². The summed E-state index contributed by atoms with van der Waals surface area (Å²) in [6.45, 7) is 1.55. The number of rotatable bonds is 1. The summed E-state index contributed by atoms with van der Waals surface area (Å²) < 4.78 is 4.28. The predicted molar refractivity (Wildman–Crippen MR) is 96.1 cm³/mol. The second-order valence-corrected chi connectivity index (χ2v) is 6.71. The fraction of sp³-hybridized carbons (Fsp3) is 0.111. The van der Waals surface area contributed by atoms with Gasteiger partial charge in [0.15, 0.2) is 12.1 Å². The highest BCUT2D eigenvalue weighted by Gasteiger charge is 2.27. The van der Waals surface area contributed by atoms with Crippen molar-refractivity contribution in [2.24, 2.45) is 0 Å². The van der Waals surface area contributed by atoms with E-state index in [9.17, 15) is 4.79 Å². The summed E-state index contributed by atoms with van der Waals surface area (Å²) in [7, 11) is 0. The van der Waals surface area contributed by atoms with Gasteiger partial charge in [0.05, 0.1) is 32.3 Å². The molecule has 5 rings (SSSR count). The Kier molecular flexibility index (Phi) is 2.84. The summed E-state index contributed by atoms with van der Waals surface area (Å²) in [5.41, 5.74) is 4.33. The highest BCUT2D eigenvalue weighted by Crippen LogP contribution is 2.38. The lowest BCUT2D eigenvalue weighted by Crippen LogP contribution is -2.16. The van der Waals surface area contributed by atoms with Gasteiger partial charge in [-0.2, -0.15) is 0 Å². The number of aromatic nitrogens is 3. The molecule has 2 aromatic heterocycles. The number of carbonyl (C=O) groups excluding carboxylic acids is 1. The number of para-hydroxylation sites is 1. The third kappa shape index (κ3) is 1.70. The van der Waals surface area contributed by atoms with E-state index >= 15 is 0 Å². The fourth-order valence-corrected chi connectivity index (χ4v) is 3.97. The molecule has 2 aromatic carbocycles. The summed E-state index contributed by atoms with van der Waals surface area (Å²) in [5.74, 6) is 0.785. The minimum absolute atomic E-state index is 0.482. The smallest absolute Gasteiger partial charge is 0.158 e. The zero-order chi connectivity index (χ0) is 16.4. The van der Waals surface area contributed by atoms with Crippen molar-refractivity contribution in [3.8, 4) is 11.5 Å². The molecular formula is C18H11Cl2N3O. The molecule has 118 valence electrons. The van der Waals surface area contributed by atoms with Crippen LogP contribution in [0.2, 0.25) is 10.0 Å². The van der Waals surface area contributed by atoms with E-state index in [1.54, 1.807) is 6.07 Å². The molecule has 0 aliphatic carbocycles. The molecule has 4 aromatic rings. The molecule has 0 radical (unpaired) electrons. The molecule has 1 aliphatic heterocycles. The summed E-state index contributed by atoms with van der Waals surface area (Å²) in [6.07, 6.45) is 0.920. The first-order chi connectivity index (χ1) is 11.7. The molecule has 0 bridgehead atoms. The van der Waals surface area contributed by atoms with Crippen LogP contribution in [0.4, 0.5) is 0 Å². The van der Waals surface area contributed by atoms with E-state index in [-0.39, 0.29) is 0 Å². The van der Waals surface area contributed by atoms with E-state index in [0.717, 1.165) is 52.8 Å². The summed E-state index contributed by atoms with van der Waals surface area (Å²) in [5, 5.41) is 1.95. The highest BCUT2D eigenvalue weighted by atomic mass is 35.5. The average Bonchev–Trinajstić information content (AvgIpc) is 3.10. The molecule has 0 saturated heterocycles. The Labute approximate surface area is 147 Å². The second kappa shape index (κ2) is 4.85. The van der Waals surface area contributed by atoms with Crippen LogP contribution in [0.3, 0.4) is 0 Å². The maximum atomic E-state index is 11.8. The van der Waals surface area contributed by atoms with E-state index in [4.69, 9.17) is 28.2 Å². The fourth-order valence-electron chi connectivity index (χ4n) is 3.65. The lowest BCUT2D eigenvalue weighted by molar-refractivity contribution is 0.112. The second-order valence-electron chi connectivity index (χ2n) is 5.89. The normalized spacial score (nSPS) is 13.2. The summed E-state index contributed by atoms with van der Waals surface area (Å²) in [6, 6.07) is 11.6. The van der Waals surface area contributed by atoms with Crippen molar-refractivity contribution in [1.82, 2.24) is 14.1 Å². The number of carbonyl (C=O) groups is 1. The average molecular weight is 356 g/mol. The van der Waals surface area contributed by atoms with Gasteiger partial charge in [0.1, 0.15) is 0 Å². The molecule has 4 nitrogen and oxygen atoms in total. The van der Waals surface area contributed by atoms with Crippen molar-refractivity contribution in [2.45, 2.75) is 13.1 Å². The number of halogens is 2. The molecular weight excluding hydrogens is 345 g/mol. The molecule has 0 spiro atoms. The van der Waals surface area contributed by atoms with Crippen LogP contribution in [-0.2, 0) is 13.1 Å². The first-order valence-electron chi connectivity index (χ1n) is 7.61. The lowest BCUT2D eigenvalue weighted by Gasteiger charge is -2.19.